The van der Waals surface area contributed by atoms with Crippen LogP contribution >= 0.6 is 7.05 Å². The third-order valence-corrected chi connectivity index (χ3v) is 7.45. The minimum absolute atomic E-state index is 0.527. The van der Waals surface area contributed by atoms with E-state index in [0.29, 0.717) is 0 Å². The second-order valence-corrected chi connectivity index (χ2v) is 8.50. The van der Waals surface area contributed by atoms with Gasteiger partial charge in [-0.1, -0.05) is 91.0 Å². The number of hydrogen-bond acceptors (Lipinski definition) is 3. The molecule has 0 aromatic heterocycles. The fourth-order valence-corrected chi connectivity index (χ4v) is 5.96. The maximum Gasteiger partial charge on any atom is 0.351 e. The van der Waals surface area contributed by atoms with Crippen LogP contribution in [0.1, 0.15) is 0 Å². The molecule has 0 amide bonds. The number of rotatable bonds is 5. The zero-order chi connectivity index (χ0) is 18.2. The Morgan fingerprint density at radius 3 is 1.50 bits per heavy atom. The van der Waals surface area contributed by atoms with E-state index in [0.717, 1.165) is 22.1 Å². The maximum absolute atomic E-state index is 11.5. The number of benzene rings is 3. The Labute approximate surface area is 153 Å². The van der Waals surface area contributed by atoms with E-state index in [1.807, 2.05) is 54.6 Å². The predicted octanol–water partition coefficient (Wildman–Crippen LogP) is 3.32. The van der Waals surface area contributed by atoms with Crippen molar-refractivity contribution in [1.29, 1.82) is 0 Å². The van der Waals surface area contributed by atoms with Crippen molar-refractivity contribution >= 4 is 35.2 Å². The van der Waals surface area contributed by atoms with Crippen molar-refractivity contribution in [3.8, 4) is 0 Å². The molecule has 0 saturated carbocycles. The number of methoxy groups -OCH3 is 1. The normalized spacial score (nSPS) is 11.3. The van der Waals surface area contributed by atoms with Crippen molar-refractivity contribution in [2.45, 2.75) is 0 Å². The summed E-state index contributed by atoms with van der Waals surface area (Å²) in [6, 6.07) is 30.3. The SMILES string of the molecule is COC(=O)C=NN=P(c1ccccc1)(c1ccccc1)c1ccccc1. The van der Waals surface area contributed by atoms with Gasteiger partial charge in [-0.05, 0) is 0 Å². The van der Waals surface area contributed by atoms with Crippen molar-refractivity contribution in [2.75, 3.05) is 7.11 Å². The Bertz CT molecular complexity index is 836. The van der Waals surface area contributed by atoms with E-state index in [1.165, 1.54) is 7.11 Å². The monoisotopic (exact) mass is 362 g/mol. The molecule has 0 heterocycles. The fraction of sp³-hybridized carbons (Fsp3) is 0.0476. The van der Waals surface area contributed by atoms with Gasteiger partial charge in [-0.15, -0.1) is 0 Å². The molecule has 3 aromatic carbocycles. The molecule has 0 atom stereocenters. The van der Waals surface area contributed by atoms with Crippen LogP contribution in [0.5, 0.6) is 0 Å². The summed E-state index contributed by atoms with van der Waals surface area (Å²) >= 11 is 0. The molecule has 26 heavy (non-hydrogen) atoms. The van der Waals surface area contributed by atoms with E-state index in [4.69, 9.17) is 4.85 Å². The van der Waals surface area contributed by atoms with Crippen LogP contribution in [-0.4, -0.2) is 19.3 Å². The Balaban J connectivity index is 2.34. The number of esters is 1. The predicted molar refractivity (Wildman–Crippen MR) is 108 cm³/mol. The second kappa shape index (κ2) is 8.41. The zero-order valence-corrected chi connectivity index (χ0v) is 15.3. The molecule has 0 unspecified atom stereocenters. The molecule has 130 valence electrons. The topological polar surface area (TPSA) is 51.0 Å². The number of hydrogen-bond donors (Lipinski definition) is 0. The molecular formula is C21H19N2O2P. The lowest BCUT2D eigenvalue weighted by Gasteiger charge is -2.25. The van der Waals surface area contributed by atoms with Gasteiger partial charge in [-0.3, -0.25) is 0 Å². The van der Waals surface area contributed by atoms with Crippen molar-refractivity contribution in [3.05, 3.63) is 91.0 Å². The van der Waals surface area contributed by atoms with E-state index in [1.54, 1.807) is 0 Å². The van der Waals surface area contributed by atoms with Crippen LogP contribution in [0, 0.1) is 0 Å². The fourth-order valence-electron chi connectivity index (χ4n) is 2.74. The quantitative estimate of drug-likeness (QED) is 0.303. The van der Waals surface area contributed by atoms with E-state index in [2.05, 4.69) is 46.2 Å². The molecule has 3 aromatic rings. The molecule has 0 aliphatic heterocycles. The van der Waals surface area contributed by atoms with E-state index in [9.17, 15) is 4.79 Å². The number of nitrogens with zero attached hydrogens (tertiary/aromatic N) is 2. The standard InChI is InChI=1S/C21H19N2O2P/c1-25-21(24)17-22-23-26(18-11-5-2-6-12-18,19-13-7-3-8-14-19)20-15-9-4-10-16-20/h2-17H,1H3. The van der Waals surface area contributed by atoms with Gasteiger partial charge in [0, 0.05) is 15.9 Å². The van der Waals surface area contributed by atoms with Crippen LogP contribution in [0.25, 0.3) is 0 Å². The summed E-state index contributed by atoms with van der Waals surface area (Å²) < 4.78 is 4.65. The van der Waals surface area contributed by atoms with Gasteiger partial charge in [0.1, 0.15) is 6.21 Å². The smallest absolute Gasteiger partial charge is 0.351 e. The van der Waals surface area contributed by atoms with E-state index < -0.39 is 13.0 Å². The third kappa shape index (κ3) is 3.66. The van der Waals surface area contributed by atoms with Gasteiger partial charge in [0.2, 0.25) is 0 Å². The number of carbonyl (C=O) groups excluding carboxylic acids is 1. The lowest BCUT2D eigenvalue weighted by atomic mass is 10.4. The zero-order valence-electron chi connectivity index (χ0n) is 14.4. The summed E-state index contributed by atoms with van der Waals surface area (Å²) in [5, 5.41) is 7.33. The van der Waals surface area contributed by atoms with E-state index >= 15 is 0 Å². The minimum Gasteiger partial charge on any atom is -0.465 e. The van der Waals surface area contributed by atoms with Crippen LogP contribution < -0.4 is 15.9 Å². The molecule has 0 N–H and O–H groups in total. The molecular weight excluding hydrogens is 343 g/mol. The first kappa shape index (κ1) is 17.8. The molecule has 0 aliphatic carbocycles. The van der Waals surface area contributed by atoms with Gasteiger partial charge in [-0.25, -0.2) is 4.79 Å². The van der Waals surface area contributed by atoms with Crippen molar-refractivity contribution < 1.29 is 9.53 Å². The summed E-state index contributed by atoms with van der Waals surface area (Å²) in [7, 11) is -1.08. The van der Waals surface area contributed by atoms with Gasteiger partial charge >= 0.3 is 5.97 Å². The van der Waals surface area contributed by atoms with Gasteiger partial charge in [0.05, 0.1) is 14.2 Å². The highest BCUT2D eigenvalue weighted by molar-refractivity contribution is 7.87. The lowest BCUT2D eigenvalue weighted by Crippen LogP contribution is -2.25. The van der Waals surface area contributed by atoms with Crippen LogP contribution in [-0.2, 0) is 9.53 Å². The highest BCUT2D eigenvalue weighted by Gasteiger charge is 2.27. The summed E-state index contributed by atoms with van der Waals surface area (Å²) in [4.78, 5) is 16.2. The Morgan fingerprint density at radius 2 is 1.15 bits per heavy atom. The number of ether oxygens (including phenoxy) is 1. The number of carbonyl (C=O) groups is 1. The largest absolute Gasteiger partial charge is 0.465 e. The summed E-state index contributed by atoms with van der Waals surface area (Å²) in [5.41, 5.74) is 0. The maximum atomic E-state index is 11.5. The summed E-state index contributed by atoms with van der Waals surface area (Å²) in [6.45, 7) is 0. The average Bonchev–Trinajstić information content (AvgIpc) is 2.73. The molecule has 0 radical (unpaired) electrons. The molecule has 4 nitrogen and oxygen atoms in total. The summed E-state index contributed by atoms with van der Waals surface area (Å²) in [6.07, 6.45) is 1.11. The average molecular weight is 362 g/mol. The van der Waals surface area contributed by atoms with Crippen LogP contribution in [0.4, 0.5) is 0 Å². The molecule has 3 rings (SSSR count). The molecule has 5 heteroatoms. The molecule has 0 spiro atoms. The second-order valence-electron chi connectivity index (χ2n) is 5.50. The van der Waals surface area contributed by atoms with Crippen molar-refractivity contribution in [2.24, 2.45) is 9.96 Å². The third-order valence-electron chi connectivity index (χ3n) is 3.94. The molecule has 0 aliphatic rings. The first-order chi connectivity index (χ1) is 12.8. The first-order valence-corrected chi connectivity index (χ1v) is 9.91. The highest BCUT2D eigenvalue weighted by Crippen LogP contribution is 2.46. The highest BCUT2D eigenvalue weighted by atomic mass is 31.2. The van der Waals surface area contributed by atoms with Crippen molar-refractivity contribution in [3.63, 3.8) is 0 Å². The van der Waals surface area contributed by atoms with Crippen LogP contribution in [0.3, 0.4) is 0 Å². The lowest BCUT2D eigenvalue weighted by molar-refractivity contribution is -0.132. The van der Waals surface area contributed by atoms with Crippen molar-refractivity contribution in [1.82, 2.24) is 0 Å². The molecule has 0 saturated heterocycles. The minimum atomic E-state index is -2.40. The van der Waals surface area contributed by atoms with Gasteiger partial charge in [-0.2, -0.15) is 9.96 Å². The Morgan fingerprint density at radius 1 is 0.769 bits per heavy atom. The Hall–Kier alpha value is -2.97. The Kier molecular flexibility index (Phi) is 5.77. The van der Waals surface area contributed by atoms with Crippen LogP contribution in [0.15, 0.2) is 101 Å². The molecule has 0 fully saturated rings. The van der Waals surface area contributed by atoms with Gasteiger partial charge in [0.15, 0.2) is 0 Å². The van der Waals surface area contributed by atoms with Crippen LogP contribution in [0.2, 0.25) is 0 Å². The summed E-state index contributed by atoms with van der Waals surface area (Å²) in [5.74, 6) is -0.527. The molecule has 0 bridgehead atoms. The van der Waals surface area contributed by atoms with E-state index in [-0.39, 0.29) is 0 Å². The van der Waals surface area contributed by atoms with Gasteiger partial charge < -0.3 is 4.74 Å². The van der Waals surface area contributed by atoms with Gasteiger partial charge in [0.25, 0.3) is 0 Å². The first-order valence-electron chi connectivity index (χ1n) is 8.17.